The minimum Gasteiger partial charge on any atom is -0.312 e. The molecule has 0 unspecified atom stereocenters. The van der Waals surface area contributed by atoms with Crippen LogP contribution in [0.3, 0.4) is 0 Å². The zero-order valence-corrected chi connectivity index (χ0v) is 13.4. The van der Waals surface area contributed by atoms with Crippen LogP contribution in [-0.2, 0) is 7.05 Å². The molecule has 2 aromatic heterocycles. The molecule has 108 valence electrons. The zero-order valence-electron chi connectivity index (χ0n) is 12.6. The molecule has 0 amide bonds. The summed E-state index contributed by atoms with van der Waals surface area (Å²) in [5, 5.41) is 0. The predicted molar refractivity (Wildman–Crippen MR) is 89.7 cm³/mol. The Balaban J connectivity index is 2.14. The summed E-state index contributed by atoms with van der Waals surface area (Å²) in [7, 11) is 2.04. The zero-order chi connectivity index (χ0) is 14.8. The molecule has 0 radical (unpaired) electrons. The molecule has 0 aliphatic heterocycles. The van der Waals surface area contributed by atoms with Crippen LogP contribution in [0.1, 0.15) is 18.9 Å². The van der Waals surface area contributed by atoms with Gasteiger partial charge >= 0.3 is 0 Å². The van der Waals surface area contributed by atoms with Crippen molar-refractivity contribution in [3.8, 4) is 11.4 Å². The second-order valence-electron chi connectivity index (χ2n) is 5.19. The Labute approximate surface area is 129 Å². The van der Waals surface area contributed by atoms with E-state index in [1.165, 1.54) is 16.9 Å². The number of hydrogen-bond donors (Lipinski definition) is 0. The molecular formula is C17H19N3S. The standard InChI is InChI=1S/C17H19N3S/c1-4-9-21-15-8-6-5-7-13(15)16-19-14-10-12(2)11-18-17(14)20(16)3/h5-8,10-11H,4,9H2,1-3H3. The fraction of sp³-hybridized carbons (Fsp3) is 0.294. The van der Waals surface area contributed by atoms with E-state index in [0.717, 1.165) is 28.3 Å². The number of fused-ring (bicyclic) bond motifs is 1. The summed E-state index contributed by atoms with van der Waals surface area (Å²) < 4.78 is 2.08. The van der Waals surface area contributed by atoms with Crippen LogP contribution in [0.5, 0.6) is 0 Å². The smallest absolute Gasteiger partial charge is 0.160 e. The van der Waals surface area contributed by atoms with Crippen LogP contribution < -0.4 is 0 Å². The van der Waals surface area contributed by atoms with E-state index in [1.807, 2.05) is 31.9 Å². The quantitative estimate of drug-likeness (QED) is 0.667. The molecule has 0 atom stereocenters. The Morgan fingerprint density at radius 2 is 2.05 bits per heavy atom. The van der Waals surface area contributed by atoms with Gasteiger partial charge in [0.25, 0.3) is 0 Å². The summed E-state index contributed by atoms with van der Waals surface area (Å²) in [6, 6.07) is 10.6. The number of imidazole rings is 1. The van der Waals surface area contributed by atoms with Crippen molar-refractivity contribution in [1.29, 1.82) is 0 Å². The Hall–Kier alpha value is -1.81. The lowest BCUT2D eigenvalue weighted by molar-refractivity contribution is 0.937. The lowest BCUT2D eigenvalue weighted by atomic mass is 10.2. The van der Waals surface area contributed by atoms with Crippen molar-refractivity contribution in [3.63, 3.8) is 0 Å². The Kier molecular flexibility index (Phi) is 3.97. The van der Waals surface area contributed by atoms with Gasteiger partial charge in [-0.15, -0.1) is 11.8 Å². The highest BCUT2D eigenvalue weighted by Gasteiger charge is 2.14. The summed E-state index contributed by atoms with van der Waals surface area (Å²) in [6.07, 6.45) is 3.06. The molecule has 0 saturated heterocycles. The second kappa shape index (κ2) is 5.90. The topological polar surface area (TPSA) is 30.7 Å². The first-order valence-corrected chi connectivity index (χ1v) is 8.20. The first kappa shape index (κ1) is 14.1. The van der Waals surface area contributed by atoms with E-state index >= 15 is 0 Å². The van der Waals surface area contributed by atoms with Gasteiger partial charge in [-0.1, -0.05) is 25.1 Å². The minimum atomic E-state index is 0.936. The van der Waals surface area contributed by atoms with Crippen LogP contribution in [-0.4, -0.2) is 20.3 Å². The highest BCUT2D eigenvalue weighted by Crippen LogP contribution is 2.32. The van der Waals surface area contributed by atoms with Gasteiger partial charge in [0.05, 0.1) is 0 Å². The van der Waals surface area contributed by atoms with Crippen LogP contribution in [0.15, 0.2) is 41.4 Å². The molecule has 3 nitrogen and oxygen atoms in total. The van der Waals surface area contributed by atoms with E-state index in [0.29, 0.717) is 0 Å². The van der Waals surface area contributed by atoms with Gasteiger partial charge < -0.3 is 4.57 Å². The summed E-state index contributed by atoms with van der Waals surface area (Å²) in [4.78, 5) is 10.6. The van der Waals surface area contributed by atoms with Crippen LogP contribution in [0.25, 0.3) is 22.6 Å². The molecule has 21 heavy (non-hydrogen) atoms. The molecule has 3 aromatic rings. The fourth-order valence-electron chi connectivity index (χ4n) is 2.41. The van der Waals surface area contributed by atoms with Crippen molar-refractivity contribution in [2.24, 2.45) is 7.05 Å². The normalized spacial score (nSPS) is 11.2. The molecular weight excluding hydrogens is 278 g/mol. The molecule has 4 heteroatoms. The van der Waals surface area contributed by atoms with Crippen LogP contribution >= 0.6 is 11.8 Å². The van der Waals surface area contributed by atoms with Gasteiger partial charge in [0.2, 0.25) is 0 Å². The fourth-order valence-corrected chi connectivity index (χ4v) is 3.32. The third-order valence-corrected chi connectivity index (χ3v) is 4.71. The molecule has 2 heterocycles. The predicted octanol–water partition coefficient (Wildman–Crippen LogP) is 4.45. The molecule has 0 aliphatic carbocycles. The molecule has 0 aliphatic rings. The van der Waals surface area contributed by atoms with E-state index in [9.17, 15) is 0 Å². The Bertz CT molecular complexity index is 777. The van der Waals surface area contributed by atoms with E-state index in [4.69, 9.17) is 4.98 Å². The van der Waals surface area contributed by atoms with Crippen LogP contribution in [0, 0.1) is 6.92 Å². The Morgan fingerprint density at radius 1 is 1.24 bits per heavy atom. The highest BCUT2D eigenvalue weighted by atomic mass is 32.2. The van der Waals surface area contributed by atoms with Crippen molar-refractivity contribution < 1.29 is 0 Å². The van der Waals surface area contributed by atoms with Crippen molar-refractivity contribution in [1.82, 2.24) is 14.5 Å². The number of aromatic nitrogens is 3. The maximum Gasteiger partial charge on any atom is 0.160 e. The number of hydrogen-bond acceptors (Lipinski definition) is 3. The van der Waals surface area contributed by atoms with Crippen molar-refractivity contribution in [2.75, 3.05) is 5.75 Å². The van der Waals surface area contributed by atoms with Crippen LogP contribution in [0.2, 0.25) is 0 Å². The number of nitrogens with zero attached hydrogens (tertiary/aromatic N) is 3. The average Bonchev–Trinajstić information content (AvgIpc) is 2.81. The summed E-state index contributed by atoms with van der Waals surface area (Å²) in [5.74, 6) is 2.11. The number of benzene rings is 1. The maximum absolute atomic E-state index is 4.80. The largest absolute Gasteiger partial charge is 0.312 e. The van der Waals surface area contributed by atoms with E-state index < -0.39 is 0 Å². The third kappa shape index (κ3) is 2.68. The molecule has 0 fully saturated rings. The average molecular weight is 297 g/mol. The number of rotatable bonds is 4. The first-order chi connectivity index (χ1) is 10.2. The van der Waals surface area contributed by atoms with Gasteiger partial charge in [-0.3, -0.25) is 0 Å². The number of aryl methyl sites for hydroxylation is 2. The maximum atomic E-state index is 4.80. The third-order valence-electron chi connectivity index (χ3n) is 3.44. The molecule has 0 bridgehead atoms. The lowest BCUT2D eigenvalue weighted by Crippen LogP contribution is -1.95. The van der Waals surface area contributed by atoms with Crippen molar-refractivity contribution >= 4 is 22.9 Å². The van der Waals surface area contributed by atoms with Crippen molar-refractivity contribution in [2.45, 2.75) is 25.2 Å². The Morgan fingerprint density at radius 3 is 2.86 bits per heavy atom. The van der Waals surface area contributed by atoms with Gasteiger partial charge in [-0.05, 0) is 36.8 Å². The van der Waals surface area contributed by atoms with E-state index in [2.05, 4.69) is 46.8 Å². The summed E-state index contributed by atoms with van der Waals surface area (Å²) in [6.45, 7) is 4.25. The summed E-state index contributed by atoms with van der Waals surface area (Å²) in [5.41, 5.74) is 4.23. The van der Waals surface area contributed by atoms with E-state index in [1.54, 1.807) is 0 Å². The van der Waals surface area contributed by atoms with Gasteiger partial charge in [-0.2, -0.15) is 0 Å². The monoisotopic (exact) mass is 297 g/mol. The molecule has 0 N–H and O–H groups in total. The van der Waals surface area contributed by atoms with Gasteiger partial charge in [0, 0.05) is 23.7 Å². The number of thioether (sulfide) groups is 1. The lowest BCUT2D eigenvalue weighted by Gasteiger charge is -2.08. The minimum absolute atomic E-state index is 0.936. The SMILES string of the molecule is CCCSc1ccccc1-c1nc2cc(C)cnc2n1C. The number of pyridine rings is 1. The highest BCUT2D eigenvalue weighted by molar-refractivity contribution is 7.99. The van der Waals surface area contributed by atoms with E-state index in [-0.39, 0.29) is 0 Å². The van der Waals surface area contributed by atoms with Crippen molar-refractivity contribution in [3.05, 3.63) is 42.1 Å². The molecule has 0 saturated carbocycles. The first-order valence-electron chi connectivity index (χ1n) is 7.22. The second-order valence-corrected chi connectivity index (χ2v) is 6.33. The van der Waals surface area contributed by atoms with Gasteiger partial charge in [-0.25, -0.2) is 9.97 Å². The van der Waals surface area contributed by atoms with Gasteiger partial charge in [0.15, 0.2) is 5.65 Å². The molecule has 3 rings (SSSR count). The summed E-state index contributed by atoms with van der Waals surface area (Å²) >= 11 is 1.89. The van der Waals surface area contributed by atoms with Crippen LogP contribution in [0.4, 0.5) is 0 Å². The van der Waals surface area contributed by atoms with Gasteiger partial charge in [0.1, 0.15) is 11.3 Å². The molecule has 1 aromatic carbocycles. The molecule has 0 spiro atoms.